The van der Waals surface area contributed by atoms with Crippen LogP contribution in [0.4, 0.5) is 4.39 Å². The Balaban J connectivity index is 1.50. The molecule has 0 aliphatic carbocycles. The summed E-state index contributed by atoms with van der Waals surface area (Å²) in [6.45, 7) is 2.74. The molecule has 7 heteroatoms. The summed E-state index contributed by atoms with van der Waals surface area (Å²) >= 11 is 1.41. The number of hydrazone groups is 1. The van der Waals surface area contributed by atoms with Gasteiger partial charge < -0.3 is 4.74 Å². The molecule has 1 amide bonds. The minimum absolute atomic E-state index is 0.124. The van der Waals surface area contributed by atoms with E-state index in [9.17, 15) is 9.18 Å². The summed E-state index contributed by atoms with van der Waals surface area (Å²) in [4.78, 5) is 16.5. The average Bonchev–Trinajstić information content (AvgIpc) is 3.16. The van der Waals surface area contributed by atoms with Crippen molar-refractivity contribution in [3.63, 3.8) is 0 Å². The van der Waals surface area contributed by atoms with Crippen molar-refractivity contribution >= 4 is 23.5 Å². The van der Waals surface area contributed by atoms with Gasteiger partial charge in [0.1, 0.15) is 16.6 Å². The van der Waals surface area contributed by atoms with E-state index in [1.165, 1.54) is 23.5 Å². The van der Waals surface area contributed by atoms with E-state index < -0.39 is 0 Å². The molecule has 0 saturated carbocycles. The largest absolute Gasteiger partial charge is 0.494 e. The molecular formula is C21H20FN3O2S. The van der Waals surface area contributed by atoms with E-state index in [-0.39, 0.29) is 18.1 Å². The van der Waals surface area contributed by atoms with E-state index >= 15 is 0 Å². The normalized spacial score (nSPS) is 10.9. The summed E-state index contributed by atoms with van der Waals surface area (Å²) in [7, 11) is 0. The minimum Gasteiger partial charge on any atom is -0.494 e. The number of hydrogen-bond acceptors (Lipinski definition) is 5. The average molecular weight is 397 g/mol. The van der Waals surface area contributed by atoms with Crippen LogP contribution in [-0.2, 0) is 11.2 Å². The predicted molar refractivity (Wildman–Crippen MR) is 109 cm³/mol. The van der Waals surface area contributed by atoms with E-state index in [1.807, 2.05) is 29.6 Å². The predicted octanol–water partition coefficient (Wildman–Crippen LogP) is 4.43. The first-order chi connectivity index (χ1) is 13.6. The molecule has 28 heavy (non-hydrogen) atoms. The van der Waals surface area contributed by atoms with Crippen LogP contribution < -0.4 is 10.2 Å². The highest BCUT2D eigenvalue weighted by atomic mass is 32.1. The molecule has 3 rings (SSSR count). The Morgan fingerprint density at radius 3 is 2.68 bits per heavy atom. The van der Waals surface area contributed by atoms with Crippen LogP contribution in [0.25, 0.3) is 10.6 Å². The van der Waals surface area contributed by atoms with Gasteiger partial charge in [-0.3, -0.25) is 4.79 Å². The number of nitrogens with one attached hydrogen (secondary N) is 1. The van der Waals surface area contributed by atoms with Crippen LogP contribution in [0.5, 0.6) is 5.75 Å². The summed E-state index contributed by atoms with van der Waals surface area (Å²) in [5, 5.41) is 6.54. The van der Waals surface area contributed by atoms with E-state index in [0.29, 0.717) is 12.3 Å². The Hall–Kier alpha value is -3.06. The number of carbonyl (C=O) groups is 1. The number of hydrogen-bond donors (Lipinski definition) is 1. The molecule has 0 bridgehead atoms. The van der Waals surface area contributed by atoms with Crippen molar-refractivity contribution in [1.82, 2.24) is 10.4 Å². The number of thiazole rings is 1. The maximum atomic E-state index is 13.0. The van der Waals surface area contributed by atoms with Gasteiger partial charge in [-0.15, -0.1) is 11.3 Å². The second-order valence-corrected chi connectivity index (χ2v) is 6.90. The quantitative estimate of drug-likeness (QED) is 0.452. The zero-order chi connectivity index (χ0) is 19.8. The molecule has 0 aliphatic heterocycles. The van der Waals surface area contributed by atoms with Crippen molar-refractivity contribution in [2.45, 2.75) is 19.8 Å². The minimum atomic E-state index is -0.291. The molecule has 0 aliphatic rings. The Labute approximate surface area is 166 Å². The molecule has 2 aromatic carbocycles. The first-order valence-corrected chi connectivity index (χ1v) is 9.77. The Morgan fingerprint density at radius 1 is 1.21 bits per heavy atom. The van der Waals surface area contributed by atoms with E-state index in [4.69, 9.17) is 4.74 Å². The number of nitrogens with zero attached hydrogens (tertiary/aromatic N) is 2. The highest BCUT2D eigenvalue weighted by Crippen LogP contribution is 2.24. The van der Waals surface area contributed by atoms with Gasteiger partial charge in [-0.05, 0) is 60.5 Å². The van der Waals surface area contributed by atoms with Crippen LogP contribution in [0.1, 0.15) is 24.6 Å². The lowest BCUT2D eigenvalue weighted by Crippen LogP contribution is -2.19. The molecule has 1 N–H and O–H groups in total. The molecule has 144 valence electrons. The Kier molecular flexibility index (Phi) is 6.86. The lowest BCUT2D eigenvalue weighted by molar-refractivity contribution is -0.120. The fourth-order valence-corrected chi connectivity index (χ4v) is 3.19. The number of benzene rings is 2. The summed E-state index contributed by atoms with van der Waals surface area (Å²) in [5.41, 5.74) is 4.83. The van der Waals surface area contributed by atoms with Crippen molar-refractivity contribution < 1.29 is 13.9 Å². The van der Waals surface area contributed by atoms with Crippen LogP contribution in [0.3, 0.4) is 0 Å². The third-order valence-corrected chi connectivity index (χ3v) is 4.68. The molecular weight excluding hydrogens is 377 g/mol. The van der Waals surface area contributed by atoms with E-state index in [2.05, 4.69) is 22.4 Å². The smallest absolute Gasteiger partial charge is 0.246 e. The summed E-state index contributed by atoms with van der Waals surface area (Å²) in [5.74, 6) is 0.263. The van der Waals surface area contributed by atoms with Crippen molar-refractivity contribution in [2.24, 2.45) is 5.10 Å². The van der Waals surface area contributed by atoms with Gasteiger partial charge in [-0.2, -0.15) is 5.10 Å². The van der Waals surface area contributed by atoms with Crippen molar-refractivity contribution in [3.8, 4) is 16.3 Å². The van der Waals surface area contributed by atoms with Gasteiger partial charge in [-0.25, -0.2) is 14.8 Å². The fourth-order valence-electron chi connectivity index (χ4n) is 2.37. The first kappa shape index (κ1) is 19.7. The summed E-state index contributed by atoms with van der Waals surface area (Å²) in [6.07, 6.45) is 2.66. The topological polar surface area (TPSA) is 63.6 Å². The van der Waals surface area contributed by atoms with Gasteiger partial charge in [0.2, 0.25) is 5.91 Å². The second kappa shape index (κ2) is 9.75. The molecule has 0 fully saturated rings. The maximum absolute atomic E-state index is 13.0. The lowest BCUT2D eigenvalue weighted by atomic mass is 10.2. The third-order valence-electron chi connectivity index (χ3n) is 3.74. The van der Waals surface area contributed by atoms with Crippen LogP contribution in [-0.4, -0.2) is 23.7 Å². The van der Waals surface area contributed by atoms with Crippen molar-refractivity contribution in [3.05, 3.63) is 71.0 Å². The SMILES string of the molecule is CCCOc1ccc(/C=N\NC(=O)Cc2csc(-c3ccc(F)cc3)n2)cc1. The van der Waals surface area contributed by atoms with E-state index in [0.717, 1.165) is 28.3 Å². The summed E-state index contributed by atoms with van der Waals surface area (Å²) in [6, 6.07) is 13.6. The van der Waals surface area contributed by atoms with Gasteiger partial charge in [0.05, 0.1) is 24.9 Å². The second-order valence-electron chi connectivity index (χ2n) is 6.04. The zero-order valence-corrected chi connectivity index (χ0v) is 16.2. The molecule has 0 atom stereocenters. The molecule has 0 spiro atoms. The number of halogens is 1. The Bertz CT molecular complexity index is 937. The number of ether oxygens (including phenoxy) is 1. The van der Waals surface area contributed by atoms with Gasteiger partial charge in [0.25, 0.3) is 0 Å². The molecule has 0 unspecified atom stereocenters. The van der Waals surface area contributed by atoms with Crippen LogP contribution in [0.15, 0.2) is 59.0 Å². The van der Waals surface area contributed by atoms with Gasteiger partial charge in [0.15, 0.2) is 0 Å². The molecule has 5 nitrogen and oxygen atoms in total. The first-order valence-electron chi connectivity index (χ1n) is 8.89. The molecule has 3 aromatic rings. The molecule has 1 heterocycles. The highest BCUT2D eigenvalue weighted by molar-refractivity contribution is 7.13. The highest BCUT2D eigenvalue weighted by Gasteiger charge is 2.08. The molecule has 0 saturated heterocycles. The van der Waals surface area contributed by atoms with Gasteiger partial charge in [0, 0.05) is 10.9 Å². The van der Waals surface area contributed by atoms with Crippen molar-refractivity contribution in [1.29, 1.82) is 0 Å². The van der Waals surface area contributed by atoms with Crippen molar-refractivity contribution in [2.75, 3.05) is 6.61 Å². The van der Waals surface area contributed by atoms with Crippen LogP contribution in [0, 0.1) is 5.82 Å². The molecule has 0 radical (unpaired) electrons. The number of rotatable bonds is 8. The number of amides is 1. The van der Waals surface area contributed by atoms with Gasteiger partial charge >= 0.3 is 0 Å². The Morgan fingerprint density at radius 2 is 1.96 bits per heavy atom. The summed E-state index contributed by atoms with van der Waals surface area (Å²) < 4.78 is 18.5. The number of carbonyl (C=O) groups excluding carboxylic acids is 1. The number of aromatic nitrogens is 1. The third kappa shape index (κ3) is 5.72. The lowest BCUT2D eigenvalue weighted by Gasteiger charge is -2.03. The zero-order valence-electron chi connectivity index (χ0n) is 15.4. The van der Waals surface area contributed by atoms with E-state index in [1.54, 1.807) is 18.3 Å². The molecule has 1 aromatic heterocycles. The maximum Gasteiger partial charge on any atom is 0.246 e. The van der Waals surface area contributed by atoms with Gasteiger partial charge in [-0.1, -0.05) is 6.92 Å². The monoisotopic (exact) mass is 397 g/mol. The van der Waals surface area contributed by atoms with Crippen LogP contribution in [0.2, 0.25) is 0 Å². The fraction of sp³-hybridized carbons (Fsp3) is 0.190. The standard InChI is InChI=1S/C21H20FN3O2S/c1-2-11-27-19-9-3-15(4-10-19)13-23-25-20(26)12-18-14-28-21(24-18)16-5-7-17(22)8-6-16/h3-10,13-14H,2,11-12H2,1H3,(H,25,26)/b23-13-. The van der Waals surface area contributed by atoms with Crippen LogP contribution >= 0.6 is 11.3 Å².